The predicted octanol–water partition coefficient (Wildman–Crippen LogP) is 2.00. The number of carbonyl (C=O) groups excluding carboxylic acids is 3. The molecule has 8 nitrogen and oxygen atoms in total. The van der Waals surface area contributed by atoms with Crippen molar-refractivity contribution < 1.29 is 23.9 Å². The fraction of sp³-hybridized carbons (Fsp3) is 0.375. The lowest BCUT2D eigenvalue weighted by Crippen LogP contribution is -2.47. The Morgan fingerprint density at radius 2 is 1.69 bits per heavy atom. The van der Waals surface area contributed by atoms with Gasteiger partial charge in [0, 0.05) is 25.2 Å². The van der Waals surface area contributed by atoms with Crippen molar-refractivity contribution >= 4 is 17.7 Å². The molecule has 1 heterocycles. The van der Waals surface area contributed by atoms with Gasteiger partial charge in [0.1, 0.15) is 17.5 Å². The van der Waals surface area contributed by atoms with Crippen molar-refractivity contribution in [2.45, 2.75) is 25.3 Å². The number of ether oxygens (including phenoxy) is 2. The Morgan fingerprint density at radius 1 is 0.969 bits per heavy atom. The fourth-order valence-corrected chi connectivity index (χ4v) is 3.55. The summed E-state index contributed by atoms with van der Waals surface area (Å²) < 4.78 is 10.6. The second kappa shape index (κ2) is 11.7. The maximum Gasteiger partial charge on any atom is 0.261 e. The van der Waals surface area contributed by atoms with E-state index in [1.807, 2.05) is 18.2 Å². The molecule has 0 bridgehead atoms. The number of methoxy groups -OCH3 is 1. The van der Waals surface area contributed by atoms with E-state index in [2.05, 4.69) is 10.6 Å². The van der Waals surface area contributed by atoms with E-state index in [1.54, 1.807) is 48.4 Å². The molecule has 1 aliphatic rings. The number of likely N-dealkylation sites (tertiary alicyclic amines) is 1. The predicted molar refractivity (Wildman–Crippen MR) is 120 cm³/mol. The summed E-state index contributed by atoms with van der Waals surface area (Å²) in [6.07, 6.45) is 2.01. The van der Waals surface area contributed by atoms with Crippen molar-refractivity contribution in [2.75, 3.05) is 33.4 Å². The molecule has 0 saturated carbocycles. The third-order valence-electron chi connectivity index (χ3n) is 5.27. The van der Waals surface area contributed by atoms with Gasteiger partial charge in [0.05, 0.1) is 7.11 Å². The first-order valence-corrected chi connectivity index (χ1v) is 10.8. The molecule has 2 aromatic rings. The first-order valence-electron chi connectivity index (χ1n) is 10.8. The highest BCUT2D eigenvalue weighted by atomic mass is 16.5. The SMILES string of the molecule is COc1ccc(C(=O)NCCCNC(=O)[C@@H]2CCCN2C(=O)COc2ccccc2)cc1. The van der Waals surface area contributed by atoms with Gasteiger partial charge in [-0.2, -0.15) is 0 Å². The minimum absolute atomic E-state index is 0.0921. The molecular formula is C24H29N3O5. The zero-order valence-corrected chi connectivity index (χ0v) is 18.2. The molecule has 3 rings (SSSR count). The third-order valence-corrected chi connectivity index (χ3v) is 5.27. The summed E-state index contributed by atoms with van der Waals surface area (Å²) in [6, 6.07) is 15.5. The summed E-state index contributed by atoms with van der Waals surface area (Å²) in [5.74, 6) is 0.772. The van der Waals surface area contributed by atoms with Gasteiger partial charge in [0.25, 0.3) is 11.8 Å². The highest BCUT2D eigenvalue weighted by Gasteiger charge is 2.33. The van der Waals surface area contributed by atoms with E-state index in [4.69, 9.17) is 9.47 Å². The van der Waals surface area contributed by atoms with Crippen LogP contribution >= 0.6 is 0 Å². The molecule has 3 amide bonds. The standard InChI is InChI=1S/C24H29N3O5/c1-31-19-12-10-18(11-13-19)23(29)25-14-6-15-26-24(30)21-9-5-16-27(21)22(28)17-32-20-7-3-2-4-8-20/h2-4,7-8,10-13,21H,5-6,9,14-17H2,1H3,(H,25,29)(H,26,30)/t21-/m0/s1. The number of amides is 3. The van der Waals surface area contributed by atoms with Crippen LogP contribution < -0.4 is 20.1 Å². The van der Waals surface area contributed by atoms with Crippen LogP contribution in [-0.2, 0) is 9.59 Å². The second-order valence-electron chi connectivity index (χ2n) is 7.48. The lowest BCUT2D eigenvalue weighted by Gasteiger charge is -2.24. The normalized spacial score (nSPS) is 15.2. The van der Waals surface area contributed by atoms with E-state index in [-0.39, 0.29) is 24.3 Å². The van der Waals surface area contributed by atoms with Crippen molar-refractivity contribution in [1.82, 2.24) is 15.5 Å². The molecule has 8 heteroatoms. The highest BCUT2D eigenvalue weighted by molar-refractivity contribution is 5.94. The lowest BCUT2D eigenvalue weighted by atomic mass is 10.2. The van der Waals surface area contributed by atoms with Gasteiger partial charge in [-0.1, -0.05) is 18.2 Å². The topological polar surface area (TPSA) is 97.0 Å². The smallest absolute Gasteiger partial charge is 0.261 e. The maximum absolute atomic E-state index is 12.6. The average molecular weight is 440 g/mol. The summed E-state index contributed by atoms with van der Waals surface area (Å²) in [5, 5.41) is 5.70. The zero-order valence-electron chi connectivity index (χ0n) is 18.2. The van der Waals surface area contributed by atoms with Crippen molar-refractivity contribution in [2.24, 2.45) is 0 Å². The van der Waals surface area contributed by atoms with Crippen LogP contribution in [0.3, 0.4) is 0 Å². The zero-order chi connectivity index (χ0) is 22.8. The van der Waals surface area contributed by atoms with Crippen LogP contribution in [0.1, 0.15) is 29.6 Å². The van der Waals surface area contributed by atoms with E-state index >= 15 is 0 Å². The second-order valence-corrected chi connectivity index (χ2v) is 7.48. The van der Waals surface area contributed by atoms with Crippen LogP contribution in [0.15, 0.2) is 54.6 Å². The monoisotopic (exact) mass is 439 g/mol. The van der Waals surface area contributed by atoms with Crippen LogP contribution in [0.2, 0.25) is 0 Å². The van der Waals surface area contributed by atoms with Gasteiger partial charge in [-0.05, 0) is 55.7 Å². The number of carbonyl (C=O) groups is 3. The van der Waals surface area contributed by atoms with Crippen LogP contribution in [0.5, 0.6) is 11.5 Å². The quantitative estimate of drug-likeness (QED) is 0.552. The number of nitrogens with one attached hydrogen (secondary N) is 2. The fourth-order valence-electron chi connectivity index (χ4n) is 3.55. The van der Waals surface area contributed by atoms with E-state index < -0.39 is 6.04 Å². The van der Waals surface area contributed by atoms with Crippen molar-refractivity contribution in [1.29, 1.82) is 0 Å². The Hall–Kier alpha value is -3.55. The molecule has 2 N–H and O–H groups in total. The first-order chi connectivity index (χ1) is 15.6. The van der Waals surface area contributed by atoms with E-state index in [0.717, 1.165) is 6.42 Å². The number of hydrogen-bond donors (Lipinski definition) is 2. The lowest BCUT2D eigenvalue weighted by molar-refractivity contribution is -0.139. The molecule has 0 aliphatic carbocycles. The van der Waals surface area contributed by atoms with Crippen LogP contribution in [-0.4, -0.2) is 62.0 Å². The summed E-state index contributed by atoms with van der Waals surface area (Å²) in [5.41, 5.74) is 0.549. The van der Waals surface area contributed by atoms with Crippen molar-refractivity contribution in [3.63, 3.8) is 0 Å². The molecule has 1 atom stereocenters. The van der Waals surface area contributed by atoms with Crippen LogP contribution in [0, 0.1) is 0 Å². The molecule has 32 heavy (non-hydrogen) atoms. The van der Waals surface area contributed by atoms with Crippen LogP contribution in [0.25, 0.3) is 0 Å². The Kier molecular flexibility index (Phi) is 8.48. The van der Waals surface area contributed by atoms with Gasteiger partial charge in [0.15, 0.2) is 6.61 Å². The number of nitrogens with zero attached hydrogens (tertiary/aromatic N) is 1. The Bertz CT molecular complexity index is 902. The van der Waals surface area contributed by atoms with Gasteiger partial charge in [-0.15, -0.1) is 0 Å². The number of benzene rings is 2. The molecule has 0 spiro atoms. The molecule has 0 unspecified atom stereocenters. The summed E-state index contributed by atoms with van der Waals surface area (Å²) in [6.45, 7) is 1.31. The molecule has 2 aromatic carbocycles. The Labute approximate surface area is 187 Å². The van der Waals surface area contributed by atoms with Gasteiger partial charge < -0.3 is 25.0 Å². The van der Waals surface area contributed by atoms with Gasteiger partial charge in [-0.3, -0.25) is 14.4 Å². The number of para-hydroxylation sites is 1. The molecule has 0 aromatic heterocycles. The molecule has 0 radical (unpaired) electrons. The Morgan fingerprint density at radius 3 is 2.41 bits per heavy atom. The largest absolute Gasteiger partial charge is 0.497 e. The Balaban J connectivity index is 1.36. The molecule has 1 saturated heterocycles. The summed E-state index contributed by atoms with van der Waals surface area (Å²) >= 11 is 0. The van der Waals surface area contributed by atoms with Gasteiger partial charge in [0.2, 0.25) is 5.91 Å². The summed E-state index contributed by atoms with van der Waals surface area (Å²) in [7, 11) is 1.57. The molecule has 170 valence electrons. The van der Waals surface area contributed by atoms with Crippen molar-refractivity contribution in [3.8, 4) is 11.5 Å². The number of hydrogen-bond acceptors (Lipinski definition) is 5. The third kappa shape index (κ3) is 6.47. The number of rotatable bonds is 10. The van der Waals surface area contributed by atoms with Gasteiger partial charge >= 0.3 is 0 Å². The maximum atomic E-state index is 12.6. The van der Waals surface area contributed by atoms with E-state index in [9.17, 15) is 14.4 Å². The van der Waals surface area contributed by atoms with E-state index in [1.165, 1.54) is 0 Å². The van der Waals surface area contributed by atoms with Crippen molar-refractivity contribution in [3.05, 3.63) is 60.2 Å². The molecular weight excluding hydrogens is 410 g/mol. The minimum Gasteiger partial charge on any atom is -0.497 e. The summed E-state index contributed by atoms with van der Waals surface area (Å²) in [4.78, 5) is 38.8. The molecule has 1 aliphatic heterocycles. The highest BCUT2D eigenvalue weighted by Crippen LogP contribution is 2.18. The molecule has 1 fully saturated rings. The minimum atomic E-state index is -0.476. The van der Waals surface area contributed by atoms with Crippen LogP contribution in [0.4, 0.5) is 0 Å². The first kappa shape index (κ1) is 23.1. The average Bonchev–Trinajstić information content (AvgIpc) is 3.33. The van der Waals surface area contributed by atoms with E-state index in [0.29, 0.717) is 49.5 Å². The van der Waals surface area contributed by atoms with Gasteiger partial charge in [-0.25, -0.2) is 0 Å².